The molecular formula is C45H55N2O15P2S2+. The van der Waals surface area contributed by atoms with Gasteiger partial charge in [0.1, 0.15) is 18.1 Å². The number of anilines is 1. The van der Waals surface area contributed by atoms with Crippen LogP contribution in [0.3, 0.4) is 0 Å². The first-order chi connectivity index (χ1) is 30.6. The van der Waals surface area contributed by atoms with Crippen molar-refractivity contribution in [1.29, 1.82) is 0 Å². The Hall–Kier alpha value is -4.52. The standard InChI is InChI=1S/C45H54N2O15P2S2/c1-44(2)36-28-34(65(56,57)58)17-19-38(36)46(24-6-26-63(50,51)52)40(44)21-13-31-8-5-9-32(43(31)62-33-15-10-30(11-16-33)12-23-42(48)49)14-22-41-45(3,4)37-29-35(66(59,60)61)18-20-39(37)47(41)25-7-27-64(53,54)55/h10-11,13-22,28-29H,5-9,12,23-27H2,1-4H3,(H6-,48,49,50,51,52,53,54,55,56,57,58,59,60,61)/p+1. The Morgan fingerprint density at radius 1 is 0.788 bits per heavy atom. The zero-order valence-corrected chi connectivity index (χ0v) is 40.3. The Morgan fingerprint density at radius 3 is 2.00 bits per heavy atom. The minimum absolute atomic E-state index is 0.0535. The molecule has 3 aromatic carbocycles. The summed E-state index contributed by atoms with van der Waals surface area (Å²) in [4.78, 5) is 51.2. The molecule has 0 spiro atoms. The Labute approximate surface area is 384 Å². The van der Waals surface area contributed by atoms with Gasteiger partial charge in [-0.3, -0.25) is 23.0 Å². The van der Waals surface area contributed by atoms with E-state index in [1.165, 1.54) is 24.3 Å². The van der Waals surface area contributed by atoms with Gasteiger partial charge < -0.3 is 34.3 Å². The molecule has 3 aliphatic rings. The van der Waals surface area contributed by atoms with Crippen LogP contribution in [0, 0.1) is 0 Å². The lowest BCUT2D eigenvalue weighted by molar-refractivity contribution is -0.437. The lowest BCUT2D eigenvalue weighted by Gasteiger charge is -2.27. The highest BCUT2D eigenvalue weighted by Gasteiger charge is 2.45. The summed E-state index contributed by atoms with van der Waals surface area (Å²) in [6.07, 6.45) is 8.98. The Bertz CT molecular complexity index is 2910. The number of rotatable bonds is 18. The number of fused-ring (bicyclic) bond motifs is 2. The van der Waals surface area contributed by atoms with Crippen LogP contribution in [0.25, 0.3) is 0 Å². The third-order valence-corrected chi connectivity index (χ3v) is 15.6. The molecule has 3 aromatic rings. The zero-order chi connectivity index (χ0) is 48.6. The van der Waals surface area contributed by atoms with Gasteiger partial charge in [-0.25, -0.2) is 0 Å². The minimum Gasteiger partial charge on any atom is -0.481 e. The van der Waals surface area contributed by atoms with Crippen LogP contribution in [-0.2, 0) is 51.4 Å². The van der Waals surface area contributed by atoms with Gasteiger partial charge in [0.15, 0.2) is 5.71 Å². The molecule has 0 amide bonds. The lowest BCUT2D eigenvalue weighted by Crippen LogP contribution is -2.28. The van der Waals surface area contributed by atoms with E-state index in [1.54, 1.807) is 36.4 Å². The quantitative estimate of drug-likeness (QED) is 0.0372. The van der Waals surface area contributed by atoms with Gasteiger partial charge in [-0.1, -0.05) is 32.1 Å². The van der Waals surface area contributed by atoms with Crippen molar-refractivity contribution >= 4 is 58.5 Å². The molecule has 356 valence electrons. The second kappa shape index (κ2) is 19.2. The van der Waals surface area contributed by atoms with Gasteiger partial charge >= 0.3 is 21.2 Å². The first-order valence-electron chi connectivity index (χ1n) is 21.1. The van der Waals surface area contributed by atoms with Crippen LogP contribution in [-0.4, -0.2) is 92.3 Å². The third-order valence-electron chi connectivity index (χ3n) is 12.1. The van der Waals surface area contributed by atoms with Crippen LogP contribution < -0.4 is 9.64 Å². The van der Waals surface area contributed by atoms with Gasteiger partial charge in [-0.2, -0.15) is 21.4 Å². The maximum Gasteiger partial charge on any atom is 0.325 e. The largest absolute Gasteiger partial charge is 0.481 e. The van der Waals surface area contributed by atoms with Crippen LogP contribution in [0.5, 0.6) is 5.75 Å². The summed E-state index contributed by atoms with van der Waals surface area (Å²) in [5, 5.41) is 9.21. The first kappa shape index (κ1) is 50.9. The Kier molecular flexibility index (Phi) is 14.8. The second-order valence-corrected chi connectivity index (χ2v) is 24.1. The van der Waals surface area contributed by atoms with E-state index in [4.69, 9.17) is 4.74 Å². The number of ether oxygens (including phenoxy) is 1. The number of aryl methyl sites for hydroxylation is 1. The second-order valence-electron chi connectivity index (χ2n) is 17.7. The van der Waals surface area contributed by atoms with Crippen molar-refractivity contribution in [3.8, 4) is 5.75 Å². The molecule has 2 heterocycles. The molecule has 0 fully saturated rings. The summed E-state index contributed by atoms with van der Waals surface area (Å²) >= 11 is 0. The van der Waals surface area contributed by atoms with E-state index in [2.05, 4.69) is 0 Å². The van der Waals surface area contributed by atoms with E-state index in [9.17, 15) is 64.5 Å². The average Bonchev–Trinajstić information content (AvgIpc) is 3.55. The molecule has 0 unspecified atom stereocenters. The summed E-state index contributed by atoms with van der Waals surface area (Å²) in [6.45, 7) is 7.87. The van der Waals surface area contributed by atoms with Gasteiger partial charge in [0, 0.05) is 53.9 Å². The van der Waals surface area contributed by atoms with Crippen molar-refractivity contribution in [3.05, 3.63) is 124 Å². The molecule has 0 radical (unpaired) electrons. The monoisotopic (exact) mass is 989 g/mol. The van der Waals surface area contributed by atoms with Crippen LogP contribution in [0.2, 0.25) is 0 Å². The molecule has 6 rings (SSSR count). The maximum absolute atomic E-state index is 12.2. The van der Waals surface area contributed by atoms with Crippen molar-refractivity contribution in [2.45, 2.75) is 93.3 Å². The number of carboxylic acid groups (broad SMARTS) is 1. The van der Waals surface area contributed by atoms with Crippen LogP contribution in [0.4, 0.5) is 11.4 Å². The van der Waals surface area contributed by atoms with Crippen molar-refractivity contribution in [2.75, 3.05) is 30.3 Å². The number of hydrogen-bond acceptors (Lipinski definition) is 9. The summed E-state index contributed by atoms with van der Waals surface area (Å²) in [5.74, 6) is 0.0265. The highest BCUT2D eigenvalue weighted by molar-refractivity contribution is 7.86. The van der Waals surface area contributed by atoms with Crippen molar-refractivity contribution in [3.63, 3.8) is 0 Å². The van der Waals surface area contributed by atoms with Crippen LogP contribution in [0.1, 0.15) is 82.9 Å². The SMILES string of the molecule is CC1(C)C(=CC=C2CCCC(C=CC3=[N+](CCCP(=O)(O)O)c4ccc(S(=O)(=O)O)cc4C3(C)C)=C2Oc2ccc(CCC(=O)O)cc2)N(CCCP(=O)(O)O)c2ccc(S(=O)(=O)O)cc21. The summed E-state index contributed by atoms with van der Waals surface area (Å²) in [6, 6.07) is 15.5. The van der Waals surface area contributed by atoms with Crippen molar-refractivity contribution < 1.29 is 73.9 Å². The molecule has 0 aromatic heterocycles. The van der Waals surface area contributed by atoms with E-state index in [1.807, 2.05) is 61.5 Å². The molecule has 7 N–H and O–H groups in total. The fourth-order valence-electron chi connectivity index (χ4n) is 8.79. The van der Waals surface area contributed by atoms with E-state index >= 15 is 0 Å². The normalized spacial score (nSPS) is 18.7. The number of benzene rings is 3. The fourth-order valence-corrected chi connectivity index (χ4v) is 10.9. The summed E-state index contributed by atoms with van der Waals surface area (Å²) in [5.41, 5.74) is 4.33. The van der Waals surface area contributed by atoms with E-state index in [0.717, 1.165) is 16.7 Å². The van der Waals surface area contributed by atoms with Crippen LogP contribution >= 0.6 is 15.2 Å². The number of nitrogens with zero attached hydrogens (tertiary/aromatic N) is 2. The molecule has 0 bridgehead atoms. The number of hydrogen-bond donors (Lipinski definition) is 7. The van der Waals surface area contributed by atoms with Crippen molar-refractivity contribution in [2.24, 2.45) is 0 Å². The smallest absolute Gasteiger partial charge is 0.325 e. The molecule has 21 heteroatoms. The zero-order valence-electron chi connectivity index (χ0n) is 36.9. The fraction of sp³-hybridized carbons (Fsp3) is 0.378. The molecule has 17 nitrogen and oxygen atoms in total. The Balaban J connectivity index is 1.49. The molecular weight excluding hydrogens is 935 g/mol. The highest BCUT2D eigenvalue weighted by Crippen LogP contribution is 2.50. The predicted octanol–water partition coefficient (Wildman–Crippen LogP) is 7.39. The van der Waals surface area contributed by atoms with Gasteiger partial charge in [0.25, 0.3) is 20.2 Å². The summed E-state index contributed by atoms with van der Waals surface area (Å²) in [7, 11) is -17.8. The van der Waals surface area contributed by atoms with E-state index < -0.39 is 52.2 Å². The topological polar surface area (TPSA) is 277 Å². The third kappa shape index (κ3) is 11.9. The minimum atomic E-state index is -4.56. The molecule has 1 aliphatic carbocycles. The van der Waals surface area contributed by atoms with Gasteiger partial charge in [0.2, 0.25) is 5.69 Å². The number of carboxylic acids is 1. The van der Waals surface area contributed by atoms with Gasteiger partial charge in [0.05, 0.1) is 27.5 Å². The molecule has 2 aliphatic heterocycles. The number of allylic oxidation sites excluding steroid dienone is 7. The lowest BCUT2D eigenvalue weighted by atomic mass is 9.81. The first-order valence-corrected chi connectivity index (χ1v) is 27.6. The average molecular weight is 990 g/mol. The van der Waals surface area contributed by atoms with Crippen molar-refractivity contribution in [1.82, 2.24) is 0 Å². The number of aliphatic carboxylic acids is 1. The maximum atomic E-state index is 12.2. The highest BCUT2D eigenvalue weighted by atomic mass is 32.2. The van der Waals surface area contributed by atoms with E-state index in [-0.39, 0.29) is 54.5 Å². The molecule has 0 saturated carbocycles. The van der Waals surface area contributed by atoms with Gasteiger partial charge in [-0.15, -0.1) is 0 Å². The number of carbonyl (C=O) groups is 1. The summed E-state index contributed by atoms with van der Waals surface area (Å²) < 4.78 is 101. The predicted molar refractivity (Wildman–Crippen MR) is 248 cm³/mol. The Morgan fingerprint density at radius 2 is 1.39 bits per heavy atom. The van der Waals surface area contributed by atoms with E-state index in [0.29, 0.717) is 71.1 Å². The molecule has 66 heavy (non-hydrogen) atoms. The molecule has 0 saturated heterocycles. The van der Waals surface area contributed by atoms with Crippen LogP contribution in [0.15, 0.2) is 117 Å². The molecule has 0 atom stereocenters. The van der Waals surface area contributed by atoms with Gasteiger partial charge in [-0.05, 0) is 123 Å².